The van der Waals surface area contributed by atoms with E-state index in [1.165, 1.54) is 0 Å². The quantitative estimate of drug-likeness (QED) is 0.843. The topological polar surface area (TPSA) is 68.0 Å². The molecule has 0 aliphatic carbocycles. The van der Waals surface area contributed by atoms with Crippen LogP contribution in [0.4, 0.5) is 0 Å². The number of hydrogen-bond acceptors (Lipinski definition) is 3. The smallest absolute Gasteiger partial charge is 0.306 e. The lowest BCUT2D eigenvalue weighted by Crippen LogP contribution is -2.14. The summed E-state index contributed by atoms with van der Waals surface area (Å²) in [4.78, 5) is 19.2. The highest BCUT2D eigenvalue weighted by atomic mass is 16.4. The van der Waals surface area contributed by atoms with E-state index in [0.717, 1.165) is 16.9 Å². The highest BCUT2D eigenvalue weighted by Crippen LogP contribution is 2.15. The van der Waals surface area contributed by atoms with Gasteiger partial charge in [0.1, 0.15) is 5.82 Å². The van der Waals surface area contributed by atoms with E-state index in [-0.39, 0.29) is 0 Å². The summed E-state index contributed by atoms with van der Waals surface area (Å²) in [5, 5.41) is 8.86. The third-order valence-electron chi connectivity index (χ3n) is 2.69. The molecule has 0 aliphatic heterocycles. The monoisotopic (exact) mass is 219 g/mol. The highest BCUT2D eigenvalue weighted by Gasteiger charge is 2.16. The summed E-state index contributed by atoms with van der Waals surface area (Å²) in [5.41, 5.74) is 1.78. The maximum Gasteiger partial charge on any atom is 0.306 e. The Morgan fingerprint density at radius 3 is 3.00 bits per heavy atom. The van der Waals surface area contributed by atoms with Gasteiger partial charge in [-0.25, -0.2) is 4.98 Å². The molecule has 16 heavy (non-hydrogen) atoms. The first-order chi connectivity index (χ1) is 7.59. The number of fused-ring (bicyclic) bond motifs is 1. The predicted octanol–water partition coefficient (Wildman–Crippen LogP) is 1.23. The van der Waals surface area contributed by atoms with E-state index in [9.17, 15) is 4.79 Å². The minimum atomic E-state index is -0.801. The van der Waals surface area contributed by atoms with Gasteiger partial charge in [0.2, 0.25) is 0 Å². The maximum absolute atomic E-state index is 10.8. The molecule has 0 saturated heterocycles. The third-order valence-corrected chi connectivity index (χ3v) is 2.69. The van der Waals surface area contributed by atoms with E-state index in [2.05, 4.69) is 9.97 Å². The number of imidazole rings is 1. The molecule has 5 nitrogen and oxygen atoms in total. The minimum absolute atomic E-state index is 0.427. The van der Waals surface area contributed by atoms with Gasteiger partial charge < -0.3 is 9.67 Å². The molecule has 2 heterocycles. The fraction of sp³-hybridized carbons (Fsp3) is 0.364. The Hall–Kier alpha value is -1.91. The van der Waals surface area contributed by atoms with Gasteiger partial charge in [-0.2, -0.15) is 0 Å². The highest BCUT2D eigenvalue weighted by molar-refractivity contribution is 5.75. The summed E-state index contributed by atoms with van der Waals surface area (Å²) in [5.74, 6) is -0.452. The third kappa shape index (κ3) is 1.76. The molecular formula is C11H13N3O2. The van der Waals surface area contributed by atoms with E-state index in [1.54, 1.807) is 19.3 Å². The molecule has 2 aromatic rings. The first-order valence-corrected chi connectivity index (χ1v) is 5.07. The van der Waals surface area contributed by atoms with Crippen LogP contribution in [0.2, 0.25) is 0 Å². The first-order valence-electron chi connectivity index (χ1n) is 5.07. The molecule has 2 rings (SSSR count). The van der Waals surface area contributed by atoms with Crippen LogP contribution in [-0.4, -0.2) is 25.6 Å². The van der Waals surface area contributed by atoms with Crippen LogP contribution in [0, 0.1) is 5.92 Å². The Labute approximate surface area is 92.8 Å². The fourth-order valence-corrected chi connectivity index (χ4v) is 1.63. The second-order valence-electron chi connectivity index (χ2n) is 3.89. The number of carboxylic acids is 1. The lowest BCUT2D eigenvalue weighted by atomic mass is 10.1. The van der Waals surface area contributed by atoms with Crippen molar-refractivity contribution in [1.29, 1.82) is 0 Å². The fourth-order valence-electron chi connectivity index (χ4n) is 1.63. The molecule has 1 unspecified atom stereocenters. The standard InChI is InChI=1S/C11H13N3O2/c1-7(11(15)16)5-10-13-8-3-4-12-6-9(8)14(10)2/h3-4,6-7H,5H2,1-2H3,(H,15,16). The molecule has 1 atom stereocenters. The Kier molecular flexibility index (Phi) is 2.60. The van der Waals surface area contributed by atoms with Crippen molar-refractivity contribution in [2.75, 3.05) is 0 Å². The van der Waals surface area contributed by atoms with E-state index < -0.39 is 11.9 Å². The molecule has 0 bridgehead atoms. The van der Waals surface area contributed by atoms with E-state index in [0.29, 0.717) is 6.42 Å². The first kappa shape index (κ1) is 10.6. The predicted molar refractivity (Wildman–Crippen MR) is 59.0 cm³/mol. The minimum Gasteiger partial charge on any atom is -0.481 e. The number of aryl methyl sites for hydroxylation is 1. The van der Waals surface area contributed by atoms with Gasteiger partial charge in [0.05, 0.1) is 23.1 Å². The molecule has 2 aromatic heterocycles. The van der Waals surface area contributed by atoms with E-state index >= 15 is 0 Å². The van der Waals surface area contributed by atoms with Crippen molar-refractivity contribution in [2.24, 2.45) is 13.0 Å². The van der Waals surface area contributed by atoms with E-state index in [4.69, 9.17) is 5.11 Å². The molecule has 0 fully saturated rings. The van der Waals surface area contributed by atoms with Crippen molar-refractivity contribution >= 4 is 17.0 Å². The zero-order chi connectivity index (χ0) is 11.7. The van der Waals surface area contributed by atoms with Crippen LogP contribution in [0.5, 0.6) is 0 Å². The van der Waals surface area contributed by atoms with Gasteiger partial charge in [0.15, 0.2) is 0 Å². The van der Waals surface area contributed by atoms with Crippen LogP contribution in [0.1, 0.15) is 12.7 Å². The number of carboxylic acid groups (broad SMARTS) is 1. The average molecular weight is 219 g/mol. The lowest BCUT2D eigenvalue weighted by Gasteiger charge is -2.05. The second kappa shape index (κ2) is 3.92. The van der Waals surface area contributed by atoms with Crippen molar-refractivity contribution in [3.8, 4) is 0 Å². The zero-order valence-corrected chi connectivity index (χ0v) is 9.21. The normalized spacial score (nSPS) is 12.9. The Morgan fingerprint density at radius 1 is 1.62 bits per heavy atom. The average Bonchev–Trinajstić information content (AvgIpc) is 2.56. The maximum atomic E-state index is 10.8. The van der Waals surface area contributed by atoms with Crippen LogP contribution in [0.3, 0.4) is 0 Å². The van der Waals surface area contributed by atoms with Gasteiger partial charge in [0, 0.05) is 19.7 Å². The number of nitrogens with zero attached hydrogens (tertiary/aromatic N) is 3. The van der Waals surface area contributed by atoms with Crippen LogP contribution >= 0.6 is 0 Å². The number of aliphatic carboxylic acids is 1. The summed E-state index contributed by atoms with van der Waals surface area (Å²) in [6.45, 7) is 1.68. The molecule has 0 saturated carbocycles. The van der Waals surface area contributed by atoms with Gasteiger partial charge in [-0.3, -0.25) is 9.78 Å². The Bertz CT molecular complexity index is 533. The molecule has 84 valence electrons. The zero-order valence-electron chi connectivity index (χ0n) is 9.21. The number of aromatic nitrogens is 3. The number of hydrogen-bond donors (Lipinski definition) is 1. The summed E-state index contributed by atoms with van der Waals surface area (Å²) < 4.78 is 1.89. The molecule has 1 N–H and O–H groups in total. The van der Waals surface area contributed by atoms with Crippen LogP contribution in [0.15, 0.2) is 18.5 Å². The van der Waals surface area contributed by atoms with Crippen LogP contribution in [0.25, 0.3) is 11.0 Å². The van der Waals surface area contributed by atoms with Gasteiger partial charge in [0.25, 0.3) is 0 Å². The molecule has 0 spiro atoms. The molecule has 0 amide bonds. The Morgan fingerprint density at radius 2 is 2.38 bits per heavy atom. The number of pyridine rings is 1. The SMILES string of the molecule is CC(Cc1nc2ccncc2n1C)C(=O)O. The van der Waals surface area contributed by atoms with Crippen molar-refractivity contribution in [3.05, 3.63) is 24.3 Å². The van der Waals surface area contributed by atoms with Gasteiger partial charge in [-0.05, 0) is 6.07 Å². The lowest BCUT2D eigenvalue weighted by molar-refractivity contribution is -0.141. The molecule has 0 aromatic carbocycles. The summed E-state index contributed by atoms with van der Waals surface area (Å²) in [7, 11) is 1.88. The van der Waals surface area contributed by atoms with Crippen molar-refractivity contribution < 1.29 is 9.90 Å². The summed E-state index contributed by atoms with van der Waals surface area (Å²) in [6.07, 6.45) is 3.84. The molecule has 5 heteroatoms. The second-order valence-corrected chi connectivity index (χ2v) is 3.89. The van der Waals surface area contributed by atoms with Crippen molar-refractivity contribution in [2.45, 2.75) is 13.3 Å². The van der Waals surface area contributed by atoms with Gasteiger partial charge in [-0.15, -0.1) is 0 Å². The van der Waals surface area contributed by atoms with Crippen molar-refractivity contribution in [1.82, 2.24) is 14.5 Å². The van der Waals surface area contributed by atoms with Crippen LogP contribution in [-0.2, 0) is 18.3 Å². The van der Waals surface area contributed by atoms with Gasteiger partial charge in [-0.1, -0.05) is 6.92 Å². The number of carbonyl (C=O) groups is 1. The largest absolute Gasteiger partial charge is 0.481 e. The summed E-state index contributed by atoms with van der Waals surface area (Å²) >= 11 is 0. The molecule has 0 radical (unpaired) electrons. The van der Waals surface area contributed by atoms with Crippen LogP contribution < -0.4 is 0 Å². The van der Waals surface area contributed by atoms with Crippen molar-refractivity contribution in [3.63, 3.8) is 0 Å². The Balaban J connectivity index is 2.38. The molecular weight excluding hydrogens is 206 g/mol. The number of rotatable bonds is 3. The van der Waals surface area contributed by atoms with E-state index in [1.807, 2.05) is 17.7 Å². The van der Waals surface area contributed by atoms with Gasteiger partial charge >= 0.3 is 5.97 Å². The molecule has 0 aliphatic rings. The summed E-state index contributed by atoms with van der Waals surface area (Å²) in [6, 6.07) is 1.82.